The molecule has 22 heavy (non-hydrogen) atoms. The van der Waals surface area contributed by atoms with Crippen molar-refractivity contribution in [2.24, 2.45) is 0 Å². The quantitative estimate of drug-likeness (QED) is 0.907. The first-order valence-electron chi connectivity index (χ1n) is 7.50. The molecule has 0 saturated carbocycles. The molecule has 4 nitrogen and oxygen atoms in total. The van der Waals surface area contributed by atoms with Crippen LogP contribution in [0.3, 0.4) is 0 Å². The second-order valence-corrected chi connectivity index (χ2v) is 5.89. The SMILES string of the molecule is C[C@H](c1c(F)cccc1F)N1CCC(N(C)CC(=O)O)CC1. The number of aliphatic carboxylic acids is 1. The molecular formula is C16H22F2N2O2. The van der Waals surface area contributed by atoms with Crippen molar-refractivity contribution in [3.63, 3.8) is 0 Å². The molecule has 0 radical (unpaired) electrons. The van der Waals surface area contributed by atoms with E-state index in [0.29, 0.717) is 13.1 Å². The van der Waals surface area contributed by atoms with E-state index in [1.165, 1.54) is 18.2 Å². The normalized spacial score (nSPS) is 18.6. The van der Waals surface area contributed by atoms with E-state index in [2.05, 4.69) is 0 Å². The van der Waals surface area contributed by atoms with Gasteiger partial charge in [-0.15, -0.1) is 0 Å². The second kappa shape index (κ2) is 7.15. The Morgan fingerprint density at radius 2 is 1.91 bits per heavy atom. The monoisotopic (exact) mass is 312 g/mol. The van der Waals surface area contributed by atoms with Gasteiger partial charge in [-0.05, 0) is 38.9 Å². The van der Waals surface area contributed by atoms with Crippen molar-refractivity contribution in [2.45, 2.75) is 31.8 Å². The van der Waals surface area contributed by atoms with E-state index in [1.807, 2.05) is 16.7 Å². The maximum atomic E-state index is 13.9. The summed E-state index contributed by atoms with van der Waals surface area (Å²) in [6.07, 6.45) is 1.59. The molecule has 1 aromatic rings. The Morgan fingerprint density at radius 3 is 2.41 bits per heavy atom. The highest BCUT2D eigenvalue weighted by Gasteiger charge is 2.28. The van der Waals surface area contributed by atoms with Crippen LogP contribution in [0.2, 0.25) is 0 Å². The lowest BCUT2D eigenvalue weighted by molar-refractivity contribution is -0.138. The van der Waals surface area contributed by atoms with Gasteiger partial charge in [-0.2, -0.15) is 0 Å². The highest BCUT2D eigenvalue weighted by Crippen LogP contribution is 2.29. The summed E-state index contributed by atoms with van der Waals surface area (Å²) in [7, 11) is 1.80. The third-order valence-corrected chi connectivity index (χ3v) is 4.47. The van der Waals surface area contributed by atoms with Crippen LogP contribution in [-0.2, 0) is 4.79 Å². The van der Waals surface area contributed by atoms with Gasteiger partial charge >= 0.3 is 5.97 Å². The summed E-state index contributed by atoms with van der Waals surface area (Å²) in [4.78, 5) is 14.6. The molecule has 1 saturated heterocycles. The summed E-state index contributed by atoms with van der Waals surface area (Å²) >= 11 is 0. The summed E-state index contributed by atoms with van der Waals surface area (Å²) in [5.74, 6) is -1.87. The zero-order valence-electron chi connectivity index (χ0n) is 12.9. The van der Waals surface area contributed by atoms with E-state index in [0.717, 1.165) is 12.8 Å². The molecule has 0 bridgehead atoms. The lowest BCUT2D eigenvalue weighted by atomic mass is 9.98. The number of hydrogen-bond acceptors (Lipinski definition) is 3. The molecule has 1 aliphatic heterocycles. The first kappa shape index (κ1) is 16.8. The number of rotatable bonds is 5. The predicted octanol–water partition coefficient (Wildman–Crippen LogP) is 2.51. The van der Waals surface area contributed by atoms with Crippen molar-refractivity contribution in [1.82, 2.24) is 9.80 Å². The predicted molar refractivity (Wildman–Crippen MR) is 79.6 cm³/mol. The molecule has 1 N–H and O–H groups in total. The van der Waals surface area contributed by atoms with Gasteiger partial charge in [0.1, 0.15) is 11.6 Å². The molecule has 1 fully saturated rings. The highest BCUT2D eigenvalue weighted by atomic mass is 19.1. The lowest BCUT2D eigenvalue weighted by Crippen LogP contribution is -2.45. The Balaban J connectivity index is 1.98. The Labute approximate surface area is 129 Å². The minimum absolute atomic E-state index is 0.0160. The van der Waals surface area contributed by atoms with Gasteiger partial charge in [-0.1, -0.05) is 6.07 Å². The van der Waals surface area contributed by atoms with Crippen LogP contribution in [0.1, 0.15) is 31.4 Å². The number of likely N-dealkylation sites (N-methyl/N-ethyl adjacent to an activating group) is 1. The van der Waals surface area contributed by atoms with E-state index in [9.17, 15) is 13.6 Å². The van der Waals surface area contributed by atoms with Gasteiger partial charge in [0, 0.05) is 30.7 Å². The summed E-state index contributed by atoms with van der Waals surface area (Å²) in [5, 5.41) is 8.83. The van der Waals surface area contributed by atoms with E-state index >= 15 is 0 Å². The molecule has 1 aromatic carbocycles. The number of piperidine rings is 1. The number of halogens is 2. The molecule has 1 heterocycles. The summed E-state index contributed by atoms with van der Waals surface area (Å²) in [6.45, 7) is 3.22. The number of carboxylic acid groups (broad SMARTS) is 1. The molecule has 6 heteroatoms. The van der Waals surface area contributed by atoms with Gasteiger partial charge in [-0.25, -0.2) is 8.78 Å². The van der Waals surface area contributed by atoms with Crippen molar-refractivity contribution in [2.75, 3.05) is 26.7 Å². The maximum absolute atomic E-state index is 13.9. The molecular weight excluding hydrogens is 290 g/mol. The number of nitrogens with zero attached hydrogens (tertiary/aromatic N) is 2. The first-order valence-corrected chi connectivity index (χ1v) is 7.50. The Hall–Kier alpha value is -1.53. The fourth-order valence-corrected chi connectivity index (χ4v) is 3.15. The molecule has 0 spiro atoms. The fraction of sp³-hybridized carbons (Fsp3) is 0.562. The van der Waals surface area contributed by atoms with Gasteiger partial charge < -0.3 is 5.11 Å². The Bertz CT molecular complexity index is 511. The number of likely N-dealkylation sites (tertiary alicyclic amines) is 1. The average Bonchev–Trinajstić information content (AvgIpc) is 2.46. The second-order valence-electron chi connectivity index (χ2n) is 5.89. The lowest BCUT2D eigenvalue weighted by Gasteiger charge is -2.39. The standard InChI is InChI=1S/C16H22F2N2O2/c1-11(16-13(17)4-3-5-14(16)18)20-8-6-12(7-9-20)19(2)10-15(21)22/h3-5,11-12H,6-10H2,1-2H3,(H,21,22)/t11-/m1/s1. The summed E-state index contributed by atoms with van der Waals surface area (Å²) in [6, 6.07) is 3.80. The molecule has 0 aliphatic carbocycles. The fourth-order valence-electron chi connectivity index (χ4n) is 3.15. The highest BCUT2D eigenvalue weighted by molar-refractivity contribution is 5.69. The zero-order chi connectivity index (χ0) is 16.3. The zero-order valence-corrected chi connectivity index (χ0v) is 12.9. The van der Waals surface area contributed by atoms with Crippen molar-refractivity contribution < 1.29 is 18.7 Å². The minimum atomic E-state index is -0.841. The van der Waals surface area contributed by atoms with Crippen LogP contribution >= 0.6 is 0 Å². The summed E-state index contributed by atoms with van der Waals surface area (Å²) < 4.78 is 27.7. The first-order chi connectivity index (χ1) is 10.4. The van der Waals surface area contributed by atoms with Crippen LogP contribution in [0.4, 0.5) is 8.78 Å². The molecule has 1 atom stereocenters. The van der Waals surface area contributed by atoms with Crippen molar-refractivity contribution in [1.29, 1.82) is 0 Å². The smallest absolute Gasteiger partial charge is 0.317 e. The van der Waals surface area contributed by atoms with Crippen molar-refractivity contribution in [3.8, 4) is 0 Å². The van der Waals surface area contributed by atoms with Crippen LogP contribution in [0.15, 0.2) is 18.2 Å². The maximum Gasteiger partial charge on any atom is 0.317 e. The van der Waals surface area contributed by atoms with Crippen molar-refractivity contribution in [3.05, 3.63) is 35.4 Å². The van der Waals surface area contributed by atoms with E-state index in [1.54, 1.807) is 7.05 Å². The largest absolute Gasteiger partial charge is 0.480 e. The van der Waals surface area contributed by atoms with Crippen LogP contribution in [0.25, 0.3) is 0 Å². The topological polar surface area (TPSA) is 43.8 Å². The van der Waals surface area contributed by atoms with Gasteiger partial charge in [-0.3, -0.25) is 14.6 Å². The van der Waals surface area contributed by atoms with Gasteiger partial charge in [0.25, 0.3) is 0 Å². The number of carbonyl (C=O) groups is 1. The molecule has 0 aromatic heterocycles. The Morgan fingerprint density at radius 1 is 1.36 bits per heavy atom. The average molecular weight is 312 g/mol. The number of hydrogen-bond donors (Lipinski definition) is 1. The minimum Gasteiger partial charge on any atom is -0.480 e. The molecule has 0 unspecified atom stereocenters. The van der Waals surface area contributed by atoms with E-state index in [-0.39, 0.29) is 24.2 Å². The summed E-state index contributed by atoms with van der Waals surface area (Å²) in [5.41, 5.74) is 0.111. The molecule has 122 valence electrons. The molecule has 1 aliphatic rings. The van der Waals surface area contributed by atoms with E-state index < -0.39 is 17.6 Å². The van der Waals surface area contributed by atoms with Gasteiger partial charge in [0.2, 0.25) is 0 Å². The van der Waals surface area contributed by atoms with E-state index in [4.69, 9.17) is 5.11 Å². The van der Waals surface area contributed by atoms with Crippen LogP contribution in [0.5, 0.6) is 0 Å². The third kappa shape index (κ3) is 3.81. The van der Waals surface area contributed by atoms with Crippen LogP contribution in [-0.4, -0.2) is 53.6 Å². The van der Waals surface area contributed by atoms with Crippen LogP contribution < -0.4 is 0 Å². The molecule has 0 amide bonds. The third-order valence-electron chi connectivity index (χ3n) is 4.47. The van der Waals surface area contributed by atoms with Crippen molar-refractivity contribution >= 4 is 5.97 Å². The molecule has 2 rings (SSSR count). The Kier molecular flexibility index (Phi) is 5.47. The number of benzene rings is 1. The van der Waals surface area contributed by atoms with Gasteiger partial charge in [0.15, 0.2) is 0 Å². The number of carboxylic acids is 1. The van der Waals surface area contributed by atoms with Crippen LogP contribution in [0, 0.1) is 11.6 Å². The van der Waals surface area contributed by atoms with Gasteiger partial charge in [0.05, 0.1) is 6.54 Å².